The third kappa shape index (κ3) is 2.87. The van der Waals surface area contributed by atoms with Crippen molar-refractivity contribution < 1.29 is 9.53 Å². The summed E-state index contributed by atoms with van der Waals surface area (Å²) < 4.78 is 7.78. The highest BCUT2D eigenvalue weighted by Crippen LogP contribution is 2.24. The topological polar surface area (TPSA) is 47.4 Å². The normalized spacial score (nSPS) is 19.0. The smallest absolute Gasteiger partial charge is 0.264 e. The van der Waals surface area contributed by atoms with Crippen molar-refractivity contribution >= 4 is 17.2 Å². The quantitative estimate of drug-likeness (QED) is 0.855. The number of rotatable bonds is 2. The molecule has 1 fully saturated rings. The predicted molar refractivity (Wildman–Crippen MR) is 81.6 cm³/mol. The number of hydrogen-bond acceptors (Lipinski definition) is 4. The van der Waals surface area contributed by atoms with Gasteiger partial charge in [-0.25, -0.2) is 4.98 Å². The minimum Gasteiger partial charge on any atom is -0.367 e. The number of amides is 1. The summed E-state index contributed by atoms with van der Waals surface area (Å²) in [5.74, 6) is 0.972. The number of imidazole rings is 1. The molecule has 1 atom stereocenters. The Morgan fingerprint density at radius 3 is 2.90 bits per heavy atom. The van der Waals surface area contributed by atoms with Crippen molar-refractivity contribution in [1.29, 1.82) is 0 Å². The molecule has 5 nitrogen and oxygen atoms in total. The van der Waals surface area contributed by atoms with Gasteiger partial charge in [-0.1, -0.05) is 0 Å². The van der Waals surface area contributed by atoms with Gasteiger partial charge in [-0.05, 0) is 30.9 Å². The second-order valence-electron chi connectivity index (χ2n) is 5.45. The van der Waals surface area contributed by atoms with E-state index in [2.05, 4.69) is 4.98 Å². The summed E-state index contributed by atoms with van der Waals surface area (Å²) in [4.78, 5) is 19.7. The summed E-state index contributed by atoms with van der Waals surface area (Å²) in [6, 6.07) is 1.95. The van der Waals surface area contributed by atoms with Gasteiger partial charge in [-0.15, -0.1) is 11.3 Å². The number of aryl methyl sites for hydroxylation is 3. The van der Waals surface area contributed by atoms with Crippen molar-refractivity contribution in [1.82, 2.24) is 14.5 Å². The summed E-state index contributed by atoms with van der Waals surface area (Å²) in [7, 11) is 1.96. The van der Waals surface area contributed by atoms with E-state index in [0.29, 0.717) is 19.7 Å². The molecule has 0 aliphatic carbocycles. The molecule has 0 radical (unpaired) electrons. The number of aromatic nitrogens is 2. The van der Waals surface area contributed by atoms with E-state index in [0.717, 1.165) is 22.0 Å². The number of carbonyl (C=O) groups is 1. The minimum absolute atomic E-state index is 0.0901. The van der Waals surface area contributed by atoms with Gasteiger partial charge in [0.15, 0.2) is 0 Å². The average molecular weight is 305 g/mol. The molecule has 6 heteroatoms. The molecule has 0 saturated carbocycles. The molecule has 21 heavy (non-hydrogen) atoms. The number of thiophene rings is 1. The van der Waals surface area contributed by atoms with Crippen molar-refractivity contribution in [2.24, 2.45) is 7.05 Å². The minimum atomic E-state index is -0.151. The van der Waals surface area contributed by atoms with Crippen LogP contribution in [0.3, 0.4) is 0 Å². The standard InChI is InChI=1S/C15H19N3O2S/c1-10-6-13(21-9-10)15(19)18-4-5-20-12(8-18)14-16-11(2)7-17(14)3/h6-7,9,12H,4-5,8H2,1-3H3. The molecule has 0 aromatic carbocycles. The molecule has 1 aliphatic rings. The van der Waals surface area contributed by atoms with Gasteiger partial charge in [0.25, 0.3) is 5.91 Å². The predicted octanol–water partition coefficient (Wildman–Crippen LogP) is 2.31. The van der Waals surface area contributed by atoms with E-state index in [-0.39, 0.29) is 12.0 Å². The lowest BCUT2D eigenvalue weighted by atomic mass is 10.2. The Kier molecular flexibility index (Phi) is 3.82. The Morgan fingerprint density at radius 2 is 2.29 bits per heavy atom. The molecular formula is C15H19N3O2S. The first kappa shape index (κ1) is 14.3. The van der Waals surface area contributed by atoms with Crippen molar-refractivity contribution in [2.45, 2.75) is 20.0 Å². The van der Waals surface area contributed by atoms with Gasteiger partial charge in [0.2, 0.25) is 0 Å². The van der Waals surface area contributed by atoms with Gasteiger partial charge in [0.1, 0.15) is 11.9 Å². The summed E-state index contributed by atoms with van der Waals surface area (Å²) >= 11 is 1.50. The molecule has 1 saturated heterocycles. The average Bonchev–Trinajstić information content (AvgIpc) is 3.04. The Labute approximate surface area is 128 Å². The van der Waals surface area contributed by atoms with Crippen molar-refractivity contribution in [3.63, 3.8) is 0 Å². The summed E-state index contributed by atoms with van der Waals surface area (Å²) in [6.07, 6.45) is 1.82. The Hall–Kier alpha value is -1.66. The fourth-order valence-electron chi connectivity index (χ4n) is 2.62. The molecule has 0 N–H and O–H groups in total. The molecule has 3 heterocycles. The summed E-state index contributed by atoms with van der Waals surface area (Å²) in [5, 5.41) is 2.01. The maximum atomic E-state index is 12.5. The number of morpholine rings is 1. The Bertz CT molecular complexity index is 662. The lowest BCUT2D eigenvalue weighted by molar-refractivity contribution is -0.0277. The molecule has 1 aliphatic heterocycles. The lowest BCUT2D eigenvalue weighted by Crippen LogP contribution is -2.42. The van der Waals surface area contributed by atoms with Crippen molar-refractivity contribution in [3.8, 4) is 0 Å². The van der Waals surface area contributed by atoms with Crippen LogP contribution in [0.5, 0.6) is 0 Å². The van der Waals surface area contributed by atoms with Crippen LogP contribution in [-0.2, 0) is 11.8 Å². The van der Waals surface area contributed by atoms with E-state index in [1.807, 2.05) is 48.0 Å². The molecule has 2 aromatic heterocycles. The van der Waals surface area contributed by atoms with E-state index >= 15 is 0 Å². The molecule has 2 aromatic rings. The summed E-state index contributed by atoms with van der Waals surface area (Å²) in [6.45, 7) is 5.71. The molecule has 1 amide bonds. The molecule has 1 unspecified atom stereocenters. The van der Waals surface area contributed by atoms with Crippen LogP contribution >= 0.6 is 11.3 Å². The van der Waals surface area contributed by atoms with Crippen LogP contribution in [0.4, 0.5) is 0 Å². The highest BCUT2D eigenvalue weighted by Gasteiger charge is 2.29. The SMILES string of the molecule is Cc1csc(C(=O)N2CCOC(c3nc(C)cn3C)C2)c1. The van der Waals surface area contributed by atoms with Crippen molar-refractivity contribution in [2.75, 3.05) is 19.7 Å². The van der Waals surface area contributed by atoms with E-state index in [1.54, 1.807) is 0 Å². The Morgan fingerprint density at radius 1 is 1.48 bits per heavy atom. The van der Waals surface area contributed by atoms with E-state index < -0.39 is 0 Å². The van der Waals surface area contributed by atoms with Crippen LogP contribution in [-0.4, -0.2) is 40.1 Å². The van der Waals surface area contributed by atoms with Gasteiger partial charge in [0, 0.05) is 19.8 Å². The largest absolute Gasteiger partial charge is 0.367 e. The van der Waals surface area contributed by atoms with E-state index in [9.17, 15) is 4.79 Å². The summed E-state index contributed by atoms with van der Waals surface area (Å²) in [5.41, 5.74) is 2.10. The second kappa shape index (κ2) is 5.61. The van der Waals surface area contributed by atoms with E-state index in [1.165, 1.54) is 11.3 Å². The van der Waals surface area contributed by atoms with Gasteiger partial charge < -0.3 is 14.2 Å². The molecule has 0 bridgehead atoms. The monoisotopic (exact) mass is 305 g/mol. The zero-order chi connectivity index (χ0) is 15.0. The highest BCUT2D eigenvalue weighted by atomic mass is 32.1. The van der Waals surface area contributed by atoms with Crippen LogP contribution in [0.1, 0.15) is 32.9 Å². The van der Waals surface area contributed by atoms with Gasteiger partial charge in [-0.3, -0.25) is 4.79 Å². The maximum absolute atomic E-state index is 12.5. The van der Waals surface area contributed by atoms with Crippen LogP contribution in [0.15, 0.2) is 17.6 Å². The number of nitrogens with zero attached hydrogens (tertiary/aromatic N) is 3. The Balaban J connectivity index is 1.77. The molecule has 3 rings (SSSR count). The second-order valence-corrected chi connectivity index (χ2v) is 6.36. The fraction of sp³-hybridized carbons (Fsp3) is 0.467. The van der Waals surface area contributed by atoms with E-state index in [4.69, 9.17) is 4.74 Å². The highest BCUT2D eigenvalue weighted by molar-refractivity contribution is 7.12. The molecule has 112 valence electrons. The first-order chi connectivity index (χ1) is 10.0. The fourth-order valence-corrected chi connectivity index (χ4v) is 3.49. The third-order valence-corrected chi connectivity index (χ3v) is 4.65. The maximum Gasteiger partial charge on any atom is 0.264 e. The number of carbonyl (C=O) groups excluding carboxylic acids is 1. The van der Waals surface area contributed by atoms with Gasteiger partial charge in [0.05, 0.1) is 23.7 Å². The van der Waals surface area contributed by atoms with Crippen LogP contribution in [0, 0.1) is 13.8 Å². The van der Waals surface area contributed by atoms with Gasteiger partial charge >= 0.3 is 0 Å². The molecule has 0 spiro atoms. The van der Waals surface area contributed by atoms with Gasteiger partial charge in [-0.2, -0.15) is 0 Å². The van der Waals surface area contributed by atoms with Crippen LogP contribution in [0.25, 0.3) is 0 Å². The molecular weight excluding hydrogens is 286 g/mol. The first-order valence-electron chi connectivity index (χ1n) is 7.00. The zero-order valence-corrected chi connectivity index (χ0v) is 13.3. The van der Waals surface area contributed by atoms with Crippen molar-refractivity contribution in [3.05, 3.63) is 39.6 Å². The zero-order valence-electron chi connectivity index (χ0n) is 12.5. The van der Waals surface area contributed by atoms with Crippen LogP contribution < -0.4 is 0 Å². The first-order valence-corrected chi connectivity index (χ1v) is 7.88. The van der Waals surface area contributed by atoms with Crippen LogP contribution in [0.2, 0.25) is 0 Å². The lowest BCUT2D eigenvalue weighted by Gasteiger charge is -2.32. The third-order valence-electron chi connectivity index (χ3n) is 3.62. The number of hydrogen-bond donors (Lipinski definition) is 0. The number of ether oxygens (including phenoxy) is 1.